The van der Waals surface area contributed by atoms with Gasteiger partial charge in [0.15, 0.2) is 0 Å². The molecule has 3 aromatic carbocycles. The number of nitrogens with two attached hydrogens (primary N) is 2. The molecule has 0 saturated carbocycles. The second-order valence-corrected chi connectivity index (χ2v) is 30.8. The Kier molecular flexibility index (Phi) is 29.9. The number of aromatic hydroxyl groups is 2. The van der Waals surface area contributed by atoms with Crippen molar-refractivity contribution in [2.45, 2.75) is 191 Å². The van der Waals surface area contributed by atoms with E-state index >= 15 is 0 Å². The molecule has 106 heavy (non-hydrogen) atoms. The fraction of sp³-hybridized carbons (Fsp3) is 0.500. The first-order chi connectivity index (χ1) is 50.1. The number of benzene rings is 3. The average molecular weight is 1500 g/mol. The maximum Gasteiger partial charge on any atom is 0.249 e. The number of likely N-dealkylation sites (tertiary alicyclic amines) is 1. The Bertz CT molecular complexity index is 3960. The van der Waals surface area contributed by atoms with E-state index in [1.165, 1.54) is 85.6 Å². The predicted molar refractivity (Wildman–Crippen MR) is 400 cm³/mol. The minimum atomic E-state index is -1.75. The summed E-state index contributed by atoms with van der Waals surface area (Å²) < 4.78 is 0. The van der Waals surface area contributed by atoms with E-state index in [0.29, 0.717) is 57.8 Å². The van der Waals surface area contributed by atoms with Crippen molar-refractivity contribution >= 4 is 105 Å². The quantitative estimate of drug-likeness (QED) is 0.0246. The summed E-state index contributed by atoms with van der Waals surface area (Å²) in [7, 11) is 0. The molecular formula is C74H101N15O15S2. The molecular weight excluding hydrogens is 1400 g/mol. The maximum atomic E-state index is 14.6. The molecule has 5 aromatic rings. The molecule has 2 aliphatic heterocycles. The number of phenols is 2. The molecule has 0 radical (unpaired) electrons. The second kappa shape index (κ2) is 38.0. The Morgan fingerprint density at radius 2 is 1.26 bits per heavy atom. The SMILES string of the molecule is CC[C@H](NC(=O)[C@@](C)(NC(=O)[C@H](Cc1ccc(O)cc1)NC(=O)[C@H](C)NC(=O)C1(NC(=O)[C@H](Cc2c[nH]c3ncccc23)NC(=O)C[C@@H](C)O)CNC1)C(C)C)C(=O)N[C@H](CSCc1cccc(CSCCC(=O)N[C@H](C(=O)N[C@@H](Cc2ccc(O)cc2)C(=O)N2CCC[C@H]2C(N)=O)C(C)(C)C)c1)C(N)=O. The van der Waals surface area contributed by atoms with E-state index in [-0.39, 0.29) is 81.3 Å². The predicted octanol–water partition coefficient (Wildman–Crippen LogP) is 1.15. The zero-order chi connectivity index (χ0) is 77.8. The molecule has 18 N–H and O–H groups in total. The monoisotopic (exact) mass is 1500 g/mol. The van der Waals surface area contributed by atoms with Crippen LogP contribution in [-0.2, 0) is 88.3 Å². The van der Waals surface area contributed by atoms with Gasteiger partial charge < -0.3 is 89.8 Å². The number of aliphatic hydroxyl groups excluding tert-OH is 1. The third-order valence-corrected chi connectivity index (χ3v) is 20.9. The van der Waals surface area contributed by atoms with E-state index in [1.807, 2.05) is 24.3 Å². The number of aromatic nitrogens is 2. The van der Waals surface area contributed by atoms with E-state index in [0.717, 1.165) is 11.1 Å². The van der Waals surface area contributed by atoms with Crippen LogP contribution < -0.4 is 64.6 Å². The highest BCUT2D eigenvalue weighted by Gasteiger charge is 2.48. The first-order valence-electron chi connectivity index (χ1n) is 35.3. The number of H-pyrrole nitrogens is 1. The van der Waals surface area contributed by atoms with Gasteiger partial charge in [-0.25, -0.2) is 4.98 Å². The normalized spacial score (nSPS) is 16.9. The lowest BCUT2D eigenvalue weighted by molar-refractivity contribution is -0.141. The number of nitrogens with zero attached hydrogens (tertiary/aromatic N) is 2. The molecule has 0 spiro atoms. The van der Waals surface area contributed by atoms with Crippen LogP contribution in [0.1, 0.15) is 122 Å². The van der Waals surface area contributed by atoms with Crippen molar-refractivity contribution in [3.8, 4) is 11.5 Å². The van der Waals surface area contributed by atoms with Crippen LogP contribution >= 0.6 is 23.5 Å². The minimum absolute atomic E-state index is 0.0157. The molecule has 12 amide bonds. The first kappa shape index (κ1) is 83.5. The summed E-state index contributed by atoms with van der Waals surface area (Å²) in [4.78, 5) is 174. The maximum absolute atomic E-state index is 14.6. The molecule has 2 saturated heterocycles. The van der Waals surface area contributed by atoms with E-state index in [1.54, 1.807) is 78.2 Å². The second-order valence-electron chi connectivity index (χ2n) is 28.7. The van der Waals surface area contributed by atoms with Crippen LogP contribution in [0, 0.1) is 11.3 Å². The summed E-state index contributed by atoms with van der Waals surface area (Å²) in [6, 6.07) is 13.9. The van der Waals surface area contributed by atoms with Crippen LogP contribution in [0.25, 0.3) is 11.0 Å². The van der Waals surface area contributed by atoms with Crippen LogP contribution in [0.2, 0.25) is 0 Å². The summed E-state index contributed by atoms with van der Waals surface area (Å²) in [5.41, 5.74) is 11.5. The number of aromatic amines is 1. The van der Waals surface area contributed by atoms with E-state index in [9.17, 15) is 72.9 Å². The van der Waals surface area contributed by atoms with Gasteiger partial charge in [0.05, 0.1) is 12.5 Å². The van der Waals surface area contributed by atoms with E-state index < -0.39 is 142 Å². The average Bonchev–Trinajstić information content (AvgIpc) is 0.858. The van der Waals surface area contributed by atoms with Crippen LogP contribution in [-0.4, -0.2) is 198 Å². The number of rotatable bonds is 38. The zero-order valence-electron chi connectivity index (χ0n) is 61.2. The van der Waals surface area contributed by atoms with Gasteiger partial charge >= 0.3 is 0 Å². The van der Waals surface area contributed by atoms with Crippen molar-refractivity contribution in [3.05, 3.63) is 125 Å². The highest BCUT2D eigenvalue weighted by atomic mass is 32.2. The topological polar surface area (TPSA) is 470 Å². The molecule has 7 rings (SSSR count). The Hall–Kier alpha value is -9.79. The fourth-order valence-corrected chi connectivity index (χ4v) is 14.0. The summed E-state index contributed by atoms with van der Waals surface area (Å²) in [5.74, 6) is -7.47. The van der Waals surface area contributed by atoms with Crippen molar-refractivity contribution in [3.63, 3.8) is 0 Å². The van der Waals surface area contributed by atoms with Crippen molar-refractivity contribution < 1.29 is 72.9 Å². The van der Waals surface area contributed by atoms with Gasteiger partial charge in [-0.2, -0.15) is 23.5 Å². The lowest BCUT2D eigenvalue weighted by atomic mass is 9.85. The number of hydrogen-bond donors (Lipinski definition) is 16. The number of aliphatic hydroxyl groups is 1. The van der Waals surface area contributed by atoms with Gasteiger partial charge in [-0.3, -0.25) is 57.5 Å². The zero-order valence-corrected chi connectivity index (χ0v) is 62.9. The number of amides is 12. The number of phenolic OH excluding ortho intramolecular Hbond substituents is 2. The standard InChI is InChI=1S/C74H101N15O15S2/c1-10-52(65(98)84-56(61(75)95)38-106-37-47-15-11-14-46(31-47)36-105-29-26-58(93)86-60(72(6,7)8)68(101)83-55(33-45-20-24-50(92)25-21-45)69(102)89-28-13-17-57(89)62(76)96)85-70(103)73(9,41(2)3)87-66(99)53(32-44-18-22-49(91)23-19-44)82-64(97)43(5)80-71(104)74(39-77-40-74)88-67(100)54(81-59(94)30-42(4)90)34-48-35-79-63-51(48)16-12-27-78-63/h11-12,14-16,18-25,27,31,35,41-43,52-57,60,77,90-92H,10,13,17,26,28-30,32-34,36-40H2,1-9H3,(H2,75,95)(H2,76,96)(H,78,79)(H,80,104)(H,81,94)(H,82,97)(H,83,101)(H,84,98)(H,85,103)(H,86,93)(H,87,99)(H,88,100)/t42-,43+,52+,53+,54+,55+,56-,57+,60-,73+/m1/s1. The Morgan fingerprint density at radius 3 is 1.84 bits per heavy atom. The summed E-state index contributed by atoms with van der Waals surface area (Å²) >= 11 is 2.82. The summed E-state index contributed by atoms with van der Waals surface area (Å²) in [5, 5.41) is 58.3. The lowest BCUT2D eigenvalue weighted by Crippen LogP contribution is -2.77. The number of carbonyl (C=O) groups is 12. The molecule has 574 valence electrons. The molecule has 0 aliphatic carbocycles. The Balaban J connectivity index is 0.909. The third-order valence-electron chi connectivity index (χ3n) is 18.8. The summed E-state index contributed by atoms with van der Waals surface area (Å²) in [6.07, 6.45) is 2.89. The van der Waals surface area contributed by atoms with E-state index in [4.69, 9.17) is 11.5 Å². The molecule has 0 bridgehead atoms. The molecule has 10 atom stereocenters. The minimum Gasteiger partial charge on any atom is -0.508 e. The van der Waals surface area contributed by atoms with Gasteiger partial charge in [-0.05, 0) is 116 Å². The van der Waals surface area contributed by atoms with Gasteiger partial charge in [-0.15, -0.1) is 0 Å². The molecule has 30 nitrogen and oxygen atoms in total. The molecule has 2 fully saturated rings. The van der Waals surface area contributed by atoms with Gasteiger partial charge in [-0.1, -0.05) is 90.1 Å². The number of pyridine rings is 1. The summed E-state index contributed by atoms with van der Waals surface area (Å²) in [6.45, 7) is 14.8. The highest BCUT2D eigenvalue weighted by molar-refractivity contribution is 7.98. The number of fused-ring (bicyclic) bond motifs is 1. The van der Waals surface area contributed by atoms with Crippen LogP contribution in [0.4, 0.5) is 0 Å². The fourth-order valence-electron chi connectivity index (χ4n) is 12.1. The number of thioether (sulfide) groups is 2. The highest BCUT2D eigenvalue weighted by Crippen LogP contribution is 2.27. The van der Waals surface area contributed by atoms with Crippen LogP contribution in [0.3, 0.4) is 0 Å². The smallest absolute Gasteiger partial charge is 0.249 e. The number of primary amides is 2. The van der Waals surface area contributed by atoms with Crippen LogP contribution in [0.15, 0.2) is 97.3 Å². The first-order valence-corrected chi connectivity index (χ1v) is 37.6. The van der Waals surface area contributed by atoms with Gasteiger partial charge in [0, 0.05) is 86.1 Å². The molecule has 2 aliphatic rings. The Morgan fingerprint density at radius 1 is 0.660 bits per heavy atom. The van der Waals surface area contributed by atoms with Gasteiger partial charge in [0.1, 0.15) is 76.6 Å². The van der Waals surface area contributed by atoms with Crippen molar-refractivity contribution in [1.29, 1.82) is 0 Å². The van der Waals surface area contributed by atoms with Gasteiger partial charge in [0.2, 0.25) is 70.9 Å². The van der Waals surface area contributed by atoms with Gasteiger partial charge in [0.25, 0.3) is 0 Å². The number of carbonyl (C=O) groups excluding carboxylic acids is 12. The largest absolute Gasteiger partial charge is 0.508 e. The van der Waals surface area contributed by atoms with Crippen molar-refractivity contribution in [2.75, 3.05) is 31.1 Å². The van der Waals surface area contributed by atoms with E-state index in [2.05, 4.69) is 63.1 Å². The third kappa shape index (κ3) is 23.4. The number of nitrogens with one attached hydrogen (secondary N) is 11. The molecule has 32 heteroatoms. The van der Waals surface area contributed by atoms with Crippen LogP contribution in [0.5, 0.6) is 11.5 Å². The Labute approximate surface area is 624 Å². The molecule has 4 heterocycles. The number of hydrogen-bond acceptors (Lipinski definition) is 19. The van der Waals surface area contributed by atoms with Crippen molar-refractivity contribution in [2.24, 2.45) is 22.8 Å². The van der Waals surface area contributed by atoms with Crippen molar-refractivity contribution in [1.82, 2.24) is 68.0 Å². The molecule has 2 aromatic heterocycles. The lowest BCUT2D eigenvalue weighted by Gasteiger charge is -2.42. The molecule has 0 unspecified atom stereocenters.